The number of nitrogens with zero attached hydrogens (tertiary/aromatic N) is 3. The highest BCUT2D eigenvalue weighted by Crippen LogP contribution is 2.08. The van der Waals surface area contributed by atoms with Crippen molar-refractivity contribution in [1.82, 2.24) is 15.2 Å². The lowest BCUT2D eigenvalue weighted by Gasteiger charge is -2.03. The Balaban J connectivity index is 1.99. The van der Waals surface area contributed by atoms with Crippen molar-refractivity contribution in [2.45, 2.75) is 20.3 Å². The molecule has 0 unspecified atom stereocenters. The van der Waals surface area contributed by atoms with Crippen molar-refractivity contribution in [2.75, 3.05) is 17.2 Å². The summed E-state index contributed by atoms with van der Waals surface area (Å²) in [6.07, 6.45) is 2.45. The molecule has 2 rings (SSSR count). The van der Waals surface area contributed by atoms with Crippen LogP contribution in [0.1, 0.15) is 29.5 Å². The van der Waals surface area contributed by atoms with Gasteiger partial charge in [0.25, 0.3) is 5.91 Å². The zero-order chi connectivity index (χ0) is 13.7. The van der Waals surface area contributed by atoms with E-state index in [0.717, 1.165) is 13.0 Å². The first-order chi connectivity index (χ1) is 9.19. The molecule has 0 aliphatic carbocycles. The third-order valence-electron chi connectivity index (χ3n) is 2.29. The van der Waals surface area contributed by atoms with Gasteiger partial charge in [0.05, 0.1) is 5.69 Å². The predicted molar refractivity (Wildman–Crippen MR) is 70.0 cm³/mol. The van der Waals surface area contributed by atoms with E-state index in [-0.39, 0.29) is 11.7 Å². The number of carbonyl (C=O) groups excluding carboxylic acids is 1. The lowest BCUT2D eigenvalue weighted by Crippen LogP contribution is -2.15. The Hall–Kier alpha value is -2.44. The van der Waals surface area contributed by atoms with Crippen LogP contribution in [0.2, 0.25) is 0 Å². The van der Waals surface area contributed by atoms with E-state index in [0.29, 0.717) is 11.5 Å². The standard InChI is InChI=1S/C12H15N5O2/c1-3-6-13-10-5-4-9(16-17-10)11(18)15-12-14-8(2)7-19-12/h4-5,7H,3,6H2,1-2H3,(H,13,17)(H,14,15,18). The lowest BCUT2D eigenvalue weighted by atomic mass is 10.3. The second-order valence-corrected chi connectivity index (χ2v) is 3.98. The first-order valence-corrected chi connectivity index (χ1v) is 6.00. The van der Waals surface area contributed by atoms with E-state index < -0.39 is 5.91 Å². The number of hydrogen-bond acceptors (Lipinski definition) is 6. The Labute approximate surface area is 110 Å². The van der Waals surface area contributed by atoms with Crippen LogP contribution in [0.3, 0.4) is 0 Å². The molecular weight excluding hydrogens is 246 g/mol. The fourth-order valence-electron chi connectivity index (χ4n) is 1.37. The molecule has 0 aliphatic heterocycles. The van der Waals surface area contributed by atoms with Crippen molar-refractivity contribution in [3.63, 3.8) is 0 Å². The minimum absolute atomic E-state index is 0.150. The van der Waals surface area contributed by atoms with Crippen LogP contribution in [0.25, 0.3) is 0 Å². The van der Waals surface area contributed by atoms with Crippen LogP contribution in [-0.4, -0.2) is 27.6 Å². The van der Waals surface area contributed by atoms with Crippen LogP contribution in [0.4, 0.5) is 11.8 Å². The minimum Gasteiger partial charge on any atom is -0.432 e. The Morgan fingerprint density at radius 1 is 1.37 bits per heavy atom. The normalized spacial score (nSPS) is 10.2. The molecule has 0 aliphatic rings. The molecule has 0 atom stereocenters. The van der Waals surface area contributed by atoms with Crippen LogP contribution >= 0.6 is 0 Å². The van der Waals surface area contributed by atoms with Crippen molar-refractivity contribution in [2.24, 2.45) is 0 Å². The summed E-state index contributed by atoms with van der Waals surface area (Å²) >= 11 is 0. The van der Waals surface area contributed by atoms with Gasteiger partial charge in [-0.25, -0.2) is 0 Å². The van der Waals surface area contributed by atoms with Gasteiger partial charge in [-0.1, -0.05) is 6.92 Å². The van der Waals surface area contributed by atoms with Crippen LogP contribution in [0, 0.1) is 6.92 Å². The highest BCUT2D eigenvalue weighted by atomic mass is 16.4. The maximum atomic E-state index is 11.8. The fourth-order valence-corrected chi connectivity index (χ4v) is 1.37. The molecule has 0 radical (unpaired) electrons. The third-order valence-corrected chi connectivity index (χ3v) is 2.29. The third kappa shape index (κ3) is 3.51. The fraction of sp³-hybridized carbons (Fsp3) is 0.333. The molecule has 0 saturated carbocycles. The van der Waals surface area contributed by atoms with E-state index in [2.05, 4.69) is 32.7 Å². The number of oxazole rings is 1. The maximum Gasteiger partial charge on any atom is 0.301 e. The monoisotopic (exact) mass is 261 g/mol. The average Bonchev–Trinajstić information content (AvgIpc) is 2.82. The first kappa shape index (κ1) is 13.0. The van der Waals surface area contributed by atoms with Crippen LogP contribution < -0.4 is 10.6 Å². The molecular formula is C12H15N5O2. The summed E-state index contributed by atoms with van der Waals surface area (Å²) in [5.74, 6) is 0.238. The molecule has 2 aromatic heterocycles. The van der Waals surface area contributed by atoms with Crippen molar-refractivity contribution in [3.8, 4) is 0 Å². The highest BCUT2D eigenvalue weighted by molar-refractivity contribution is 6.01. The second-order valence-electron chi connectivity index (χ2n) is 3.98. The van der Waals surface area contributed by atoms with Gasteiger partial charge in [0, 0.05) is 6.54 Å². The molecule has 0 saturated heterocycles. The van der Waals surface area contributed by atoms with Crippen LogP contribution in [0.5, 0.6) is 0 Å². The largest absolute Gasteiger partial charge is 0.432 e. The summed E-state index contributed by atoms with van der Waals surface area (Å²) in [7, 11) is 0. The van der Waals surface area contributed by atoms with Crippen LogP contribution in [0.15, 0.2) is 22.8 Å². The number of amides is 1. The molecule has 19 heavy (non-hydrogen) atoms. The number of aryl methyl sites for hydroxylation is 1. The number of aromatic nitrogens is 3. The summed E-state index contributed by atoms with van der Waals surface area (Å²) in [4.78, 5) is 15.8. The molecule has 7 nitrogen and oxygen atoms in total. The van der Waals surface area contributed by atoms with Gasteiger partial charge in [-0.2, -0.15) is 4.98 Å². The second kappa shape index (κ2) is 5.94. The molecule has 100 valence electrons. The van der Waals surface area contributed by atoms with E-state index in [1.807, 2.05) is 0 Å². The van der Waals surface area contributed by atoms with Crippen molar-refractivity contribution in [3.05, 3.63) is 29.8 Å². The maximum absolute atomic E-state index is 11.8. The lowest BCUT2D eigenvalue weighted by molar-refractivity contribution is 0.101. The number of nitrogens with one attached hydrogen (secondary N) is 2. The van der Waals surface area contributed by atoms with Gasteiger partial charge < -0.3 is 9.73 Å². The molecule has 2 aromatic rings. The average molecular weight is 261 g/mol. The summed E-state index contributed by atoms with van der Waals surface area (Å²) in [6.45, 7) is 4.64. The predicted octanol–water partition coefficient (Wildman–Crippen LogP) is 1.85. The van der Waals surface area contributed by atoms with Crippen molar-refractivity contribution < 1.29 is 9.21 Å². The first-order valence-electron chi connectivity index (χ1n) is 6.00. The van der Waals surface area contributed by atoms with Crippen molar-refractivity contribution >= 4 is 17.7 Å². The van der Waals surface area contributed by atoms with Gasteiger partial charge in [-0.3, -0.25) is 10.1 Å². The van der Waals surface area contributed by atoms with E-state index >= 15 is 0 Å². The molecule has 0 fully saturated rings. The zero-order valence-corrected chi connectivity index (χ0v) is 10.8. The topological polar surface area (TPSA) is 92.9 Å². The van der Waals surface area contributed by atoms with E-state index in [9.17, 15) is 4.79 Å². The van der Waals surface area contributed by atoms with Crippen molar-refractivity contribution in [1.29, 1.82) is 0 Å². The smallest absolute Gasteiger partial charge is 0.301 e. The Bertz CT molecular complexity index is 550. The molecule has 7 heteroatoms. The molecule has 0 bridgehead atoms. The quantitative estimate of drug-likeness (QED) is 0.853. The summed E-state index contributed by atoms with van der Waals surface area (Å²) in [5, 5.41) is 13.3. The Morgan fingerprint density at radius 3 is 2.79 bits per heavy atom. The molecule has 2 heterocycles. The molecule has 1 amide bonds. The van der Waals surface area contributed by atoms with Gasteiger partial charge in [-0.15, -0.1) is 10.2 Å². The zero-order valence-electron chi connectivity index (χ0n) is 10.8. The van der Waals surface area contributed by atoms with Gasteiger partial charge in [0.2, 0.25) is 0 Å². The Kier molecular flexibility index (Phi) is 4.07. The van der Waals surface area contributed by atoms with Crippen LogP contribution in [-0.2, 0) is 0 Å². The number of carbonyl (C=O) groups is 1. The SMILES string of the molecule is CCCNc1ccc(C(=O)Nc2nc(C)co2)nn1. The number of hydrogen-bond donors (Lipinski definition) is 2. The van der Waals surface area contributed by atoms with Gasteiger partial charge >= 0.3 is 6.01 Å². The molecule has 2 N–H and O–H groups in total. The molecule has 0 spiro atoms. The van der Waals surface area contributed by atoms with Gasteiger partial charge in [0.1, 0.15) is 12.1 Å². The van der Waals surface area contributed by atoms with Gasteiger partial charge in [-0.05, 0) is 25.5 Å². The molecule has 0 aromatic carbocycles. The number of rotatable bonds is 5. The summed E-state index contributed by atoms with van der Waals surface area (Å²) in [5.41, 5.74) is 0.901. The number of anilines is 2. The van der Waals surface area contributed by atoms with Gasteiger partial charge in [0.15, 0.2) is 5.69 Å². The summed E-state index contributed by atoms with van der Waals surface area (Å²) < 4.78 is 5.03. The highest BCUT2D eigenvalue weighted by Gasteiger charge is 2.11. The van der Waals surface area contributed by atoms with E-state index in [1.54, 1.807) is 19.1 Å². The van der Waals surface area contributed by atoms with E-state index in [1.165, 1.54) is 6.26 Å². The summed E-state index contributed by atoms with van der Waals surface area (Å²) in [6, 6.07) is 3.45. The minimum atomic E-state index is -0.406. The Morgan fingerprint density at radius 2 is 2.21 bits per heavy atom. The van der Waals surface area contributed by atoms with E-state index in [4.69, 9.17) is 4.42 Å².